The van der Waals surface area contributed by atoms with Crippen molar-refractivity contribution in [3.63, 3.8) is 0 Å². The van der Waals surface area contributed by atoms with E-state index in [0.717, 1.165) is 38.6 Å². The first kappa shape index (κ1) is 15.8. The van der Waals surface area contributed by atoms with Crippen LogP contribution in [0.1, 0.15) is 45.1 Å². The summed E-state index contributed by atoms with van der Waals surface area (Å²) in [4.78, 5) is 12.5. The summed E-state index contributed by atoms with van der Waals surface area (Å²) in [5.41, 5.74) is 0.824. The highest BCUT2D eigenvalue weighted by atomic mass is 16.3. The molecule has 3 N–H and O–H groups in total. The van der Waals surface area contributed by atoms with E-state index < -0.39 is 0 Å². The SMILES string of the molecule is CCC1(C(=O)NC(C)CCc2ccc(O)cc2)CCCN1. The molecule has 2 atom stereocenters. The molecule has 0 spiro atoms. The molecular formula is C17H26N2O2. The molecular weight excluding hydrogens is 264 g/mol. The molecule has 2 rings (SSSR count). The Balaban J connectivity index is 1.82. The van der Waals surface area contributed by atoms with Crippen LogP contribution in [0.15, 0.2) is 24.3 Å². The second-order valence-corrected chi connectivity index (χ2v) is 6.05. The van der Waals surface area contributed by atoms with Crippen LogP contribution in [-0.2, 0) is 11.2 Å². The van der Waals surface area contributed by atoms with Crippen molar-refractivity contribution in [3.05, 3.63) is 29.8 Å². The molecule has 1 aliphatic heterocycles. The number of aryl methyl sites for hydroxylation is 1. The number of hydrogen-bond acceptors (Lipinski definition) is 3. The molecule has 1 heterocycles. The Morgan fingerprint density at radius 1 is 1.43 bits per heavy atom. The molecule has 2 unspecified atom stereocenters. The first-order valence-corrected chi connectivity index (χ1v) is 7.89. The molecule has 0 radical (unpaired) electrons. The van der Waals surface area contributed by atoms with E-state index in [1.165, 1.54) is 5.56 Å². The molecule has 0 bridgehead atoms. The van der Waals surface area contributed by atoms with E-state index in [0.29, 0.717) is 0 Å². The van der Waals surface area contributed by atoms with Crippen LogP contribution in [0.2, 0.25) is 0 Å². The minimum atomic E-state index is -0.354. The smallest absolute Gasteiger partial charge is 0.240 e. The molecule has 21 heavy (non-hydrogen) atoms. The first-order chi connectivity index (χ1) is 10.1. The van der Waals surface area contributed by atoms with Crippen LogP contribution in [0.5, 0.6) is 5.75 Å². The van der Waals surface area contributed by atoms with E-state index in [9.17, 15) is 9.90 Å². The number of aromatic hydroxyl groups is 1. The van der Waals surface area contributed by atoms with E-state index in [4.69, 9.17) is 0 Å². The van der Waals surface area contributed by atoms with Crippen molar-refractivity contribution in [2.75, 3.05) is 6.54 Å². The highest BCUT2D eigenvalue weighted by Gasteiger charge is 2.39. The second-order valence-electron chi connectivity index (χ2n) is 6.05. The Morgan fingerprint density at radius 3 is 2.71 bits per heavy atom. The van der Waals surface area contributed by atoms with Crippen LogP contribution in [0, 0.1) is 0 Å². The first-order valence-electron chi connectivity index (χ1n) is 7.89. The molecule has 1 aromatic rings. The lowest BCUT2D eigenvalue weighted by atomic mass is 9.92. The van der Waals surface area contributed by atoms with Crippen LogP contribution in [0.25, 0.3) is 0 Å². The monoisotopic (exact) mass is 290 g/mol. The normalized spacial score (nSPS) is 23.0. The quantitative estimate of drug-likeness (QED) is 0.754. The van der Waals surface area contributed by atoms with Crippen LogP contribution >= 0.6 is 0 Å². The molecule has 4 heteroatoms. The third-order valence-electron chi connectivity index (χ3n) is 4.46. The number of phenols is 1. The van der Waals surface area contributed by atoms with E-state index in [2.05, 4.69) is 24.5 Å². The van der Waals surface area contributed by atoms with Crippen molar-refractivity contribution in [1.82, 2.24) is 10.6 Å². The summed E-state index contributed by atoms with van der Waals surface area (Å²) in [6.07, 6.45) is 4.64. The Kier molecular flexibility index (Phi) is 5.23. The summed E-state index contributed by atoms with van der Waals surface area (Å²) in [5.74, 6) is 0.429. The number of carbonyl (C=O) groups is 1. The van der Waals surface area contributed by atoms with Gasteiger partial charge in [-0.15, -0.1) is 0 Å². The van der Waals surface area contributed by atoms with Gasteiger partial charge in [0, 0.05) is 6.04 Å². The molecule has 1 aromatic carbocycles. The van der Waals surface area contributed by atoms with Crippen LogP contribution in [0.3, 0.4) is 0 Å². The van der Waals surface area contributed by atoms with Gasteiger partial charge in [0.15, 0.2) is 0 Å². The number of amides is 1. The molecule has 1 saturated heterocycles. The molecule has 1 fully saturated rings. The van der Waals surface area contributed by atoms with Gasteiger partial charge in [0.2, 0.25) is 5.91 Å². The molecule has 0 aromatic heterocycles. The highest BCUT2D eigenvalue weighted by Crippen LogP contribution is 2.23. The van der Waals surface area contributed by atoms with Gasteiger partial charge in [-0.05, 0) is 63.3 Å². The molecule has 116 valence electrons. The van der Waals surface area contributed by atoms with Gasteiger partial charge in [0.1, 0.15) is 5.75 Å². The summed E-state index contributed by atoms with van der Waals surface area (Å²) in [6, 6.07) is 7.41. The van der Waals surface area contributed by atoms with Crippen LogP contribution in [0.4, 0.5) is 0 Å². The number of hydrogen-bond donors (Lipinski definition) is 3. The van der Waals surface area contributed by atoms with E-state index in [-0.39, 0.29) is 23.2 Å². The van der Waals surface area contributed by atoms with Crippen molar-refractivity contribution in [2.45, 2.75) is 57.5 Å². The molecule has 0 aliphatic carbocycles. The van der Waals surface area contributed by atoms with Crippen molar-refractivity contribution in [1.29, 1.82) is 0 Å². The maximum absolute atomic E-state index is 12.5. The number of nitrogens with one attached hydrogen (secondary N) is 2. The van der Waals surface area contributed by atoms with Gasteiger partial charge in [-0.2, -0.15) is 0 Å². The topological polar surface area (TPSA) is 61.4 Å². The Bertz CT molecular complexity index is 464. The van der Waals surface area contributed by atoms with E-state index in [1.54, 1.807) is 12.1 Å². The second kappa shape index (κ2) is 6.94. The average molecular weight is 290 g/mol. The average Bonchev–Trinajstić information content (AvgIpc) is 2.97. The lowest BCUT2D eigenvalue weighted by Gasteiger charge is -2.28. The minimum absolute atomic E-state index is 0.140. The largest absolute Gasteiger partial charge is 0.508 e. The zero-order chi connectivity index (χ0) is 15.3. The van der Waals surface area contributed by atoms with Gasteiger partial charge in [0.05, 0.1) is 5.54 Å². The Labute approximate surface area is 126 Å². The maximum atomic E-state index is 12.5. The zero-order valence-electron chi connectivity index (χ0n) is 13.0. The fraction of sp³-hybridized carbons (Fsp3) is 0.588. The standard InChI is InChI=1S/C17H26N2O2/c1-3-17(11-4-12-18-17)16(21)19-13(2)5-6-14-7-9-15(20)10-8-14/h7-10,13,18,20H,3-6,11-12H2,1-2H3,(H,19,21). The van der Waals surface area contributed by atoms with Crippen molar-refractivity contribution in [3.8, 4) is 5.75 Å². The molecule has 1 amide bonds. The van der Waals surface area contributed by atoms with Crippen molar-refractivity contribution < 1.29 is 9.90 Å². The summed E-state index contributed by atoms with van der Waals surface area (Å²) in [6.45, 7) is 5.05. The number of benzene rings is 1. The maximum Gasteiger partial charge on any atom is 0.240 e. The Morgan fingerprint density at radius 2 is 2.14 bits per heavy atom. The number of rotatable bonds is 6. The van der Waals surface area contributed by atoms with Crippen molar-refractivity contribution in [2.24, 2.45) is 0 Å². The zero-order valence-corrected chi connectivity index (χ0v) is 13.0. The molecule has 4 nitrogen and oxygen atoms in total. The van der Waals surface area contributed by atoms with Gasteiger partial charge < -0.3 is 15.7 Å². The van der Waals surface area contributed by atoms with Crippen LogP contribution in [-0.4, -0.2) is 29.1 Å². The summed E-state index contributed by atoms with van der Waals surface area (Å²) in [5, 5.41) is 15.8. The van der Waals surface area contributed by atoms with Crippen molar-refractivity contribution >= 4 is 5.91 Å². The number of phenolic OH excluding ortho intramolecular Hbond substituents is 1. The third-order valence-corrected chi connectivity index (χ3v) is 4.46. The number of carbonyl (C=O) groups excluding carboxylic acids is 1. The minimum Gasteiger partial charge on any atom is -0.508 e. The predicted octanol–water partition coefficient (Wildman–Crippen LogP) is 2.36. The molecule has 0 saturated carbocycles. The van der Waals surface area contributed by atoms with Gasteiger partial charge in [-0.25, -0.2) is 0 Å². The van der Waals surface area contributed by atoms with E-state index in [1.807, 2.05) is 12.1 Å². The lowest BCUT2D eigenvalue weighted by Crippen LogP contribution is -2.55. The lowest BCUT2D eigenvalue weighted by molar-refractivity contribution is -0.127. The molecule has 1 aliphatic rings. The Hall–Kier alpha value is -1.55. The van der Waals surface area contributed by atoms with E-state index >= 15 is 0 Å². The van der Waals surface area contributed by atoms with Gasteiger partial charge in [-0.1, -0.05) is 19.1 Å². The highest BCUT2D eigenvalue weighted by molar-refractivity contribution is 5.86. The fourth-order valence-electron chi connectivity index (χ4n) is 2.94. The third kappa shape index (κ3) is 3.97. The van der Waals surface area contributed by atoms with Gasteiger partial charge >= 0.3 is 0 Å². The summed E-state index contributed by atoms with van der Waals surface area (Å²) >= 11 is 0. The summed E-state index contributed by atoms with van der Waals surface area (Å²) in [7, 11) is 0. The fourth-order valence-corrected chi connectivity index (χ4v) is 2.94. The predicted molar refractivity (Wildman–Crippen MR) is 84.3 cm³/mol. The summed E-state index contributed by atoms with van der Waals surface area (Å²) < 4.78 is 0. The van der Waals surface area contributed by atoms with Gasteiger partial charge in [0.25, 0.3) is 0 Å². The van der Waals surface area contributed by atoms with Crippen LogP contribution < -0.4 is 10.6 Å². The van der Waals surface area contributed by atoms with Gasteiger partial charge in [-0.3, -0.25) is 4.79 Å².